The Morgan fingerprint density at radius 3 is 2.21 bits per heavy atom. The highest BCUT2D eigenvalue weighted by molar-refractivity contribution is 6.35. The van der Waals surface area contributed by atoms with E-state index >= 15 is 0 Å². The Morgan fingerprint density at radius 1 is 1.17 bits per heavy atom. The van der Waals surface area contributed by atoms with Crippen LogP contribution in [0.3, 0.4) is 0 Å². The molecule has 0 saturated carbocycles. The van der Waals surface area contributed by atoms with Gasteiger partial charge in [-0.15, -0.1) is 13.2 Å². The van der Waals surface area contributed by atoms with E-state index in [0.29, 0.717) is 23.1 Å². The molecule has 1 fully saturated rings. The van der Waals surface area contributed by atoms with Crippen LogP contribution < -0.4 is 0 Å². The summed E-state index contributed by atoms with van der Waals surface area (Å²) < 4.78 is 0. The van der Waals surface area contributed by atoms with E-state index in [1.165, 1.54) is 0 Å². The smallest absolute Gasteiger partial charge is 0.226 e. The zero-order valence-corrected chi connectivity index (χ0v) is 15.4. The monoisotopic (exact) mass is 366 g/mol. The van der Waals surface area contributed by atoms with Gasteiger partial charge in [0.25, 0.3) is 0 Å². The van der Waals surface area contributed by atoms with Crippen LogP contribution in [0.4, 0.5) is 0 Å². The Labute approximate surface area is 154 Å². The van der Waals surface area contributed by atoms with Crippen molar-refractivity contribution >= 4 is 29.1 Å². The molecular weight excluding hydrogens is 343 g/mol. The second-order valence-electron chi connectivity index (χ2n) is 6.07. The van der Waals surface area contributed by atoms with Crippen molar-refractivity contribution in [3.05, 3.63) is 59.1 Å². The van der Waals surface area contributed by atoms with Gasteiger partial charge in [-0.05, 0) is 38.1 Å². The van der Waals surface area contributed by atoms with Crippen molar-refractivity contribution in [2.45, 2.75) is 19.4 Å². The van der Waals surface area contributed by atoms with Gasteiger partial charge in [-0.25, -0.2) is 0 Å². The summed E-state index contributed by atoms with van der Waals surface area (Å²) in [6, 6.07) is 5.58. The molecule has 0 aliphatic carbocycles. The Morgan fingerprint density at radius 2 is 1.71 bits per heavy atom. The average molecular weight is 367 g/mol. The van der Waals surface area contributed by atoms with Gasteiger partial charge in [0.15, 0.2) is 0 Å². The third-order valence-electron chi connectivity index (χ3n) is 4.39. The molecule has 2 rings (SSSR count). The zero-order valence-electron chi connectivity index (χ0n) is 13.9. The Kier molecular flexibility index (Phi) is 7.35. The van der Waals surface area contributed by atoms with Crippen LogP contribution in [0, 0.1) is 5.92 Å². The molecule has 5 heteroatoms. The lowest BCUT2D eigenvalue weighted by atomic mass is 9.94. The molecule has 1 saturated heterocycles. The molecule has 24 heavy (non-hydrogen) atoms. The highest BCUT2D eigenvalue weighted by atomic mass is 35.5. The number of hydrogen-bond acceptors (Lipinski definition) is 2. The topological polar surface area (TPSA) is 23.6 Å². The molecule has 0 radical (unpaired) electrons. The molecule has 1 aromatic rings. The van der Waals surface area contributed by atoms with Crippen molar-refractivity contribution in [3.63, 3.8) is 0 Å². The summed E-state index contributed by atoms with van der Waals surface area (Å²) in [6.45, 7) is 11.1. The van der Waals surface area contributed by atoms with Crippen LogP contribution in [-0.2, 0) is 11.3 Å². The molecule has 1 amide bonds. The maximum absolute atomic E-state index is 12.6. The zero-order chi connectivity index (χ0) is 17.5. The molecule has 0 spiro atoms. The van der Waals surface area contributed by atoms with Gasteiger partial charge in [-0.1, -0.05) is 41.4 Å². The number of piperidine rings is 1. The highest BCUT2D eigenvalue weighted by Crippen LogP contribution is 2.28. The normalized spacial score (nSPS) is 15.9. The Hall–Kier alpha value is -1.29. The summed E-state index contributed by atoms with van der Waals surface area (Å²) in [7, 11) is 0. The van der Waals surface area contributed by atoms with E-state index in [0.717, 1.165) is 38.0 Å². The molecule has 1 aliphatic rings. The lowest BCUT2D eigenvalue weighted by Crippen LogP contribution is -2.42. The summed E-state index contributed by atoms with van der Waals surface area (Å²) in [5.41, 5.74) is 0.963. The third kappa shape index (κ3) is 4.85. The van der Waals surface area contributed by atoms with Gasteiger partial charge < -0.3 is 4.90 Å². The van der Waals surface area contributed by atoms with Gasteiger partial charge >= 0.3 is 0 Å². The molecule has 0 N–H and O–H groups in total. The highest BCUT2D eigenvalue weighted by Gasteiger charge is 2.28. The predicted molar refractivity (Wildman–Crippen MR) is 101 cm³/mol. The summed E-state index contributed by atoms with van der Waals surface area (Å²) in [5, 5.41) is 1.40. The van der Waals surface area contributed by atoms with Crippen molar-refractivity contribution in [3.8, 4) is 0 Å². The minimum absolute atomic E-state index is 0.0721. The number of rotatable bonds is 7. The standard InChI is InChI=1S/C19H24Cl2N2O/c1-3-10-23(11-4-2)19(24)15-8-12-22(13-9-15)14-16-17(20)6-5-7-18(16)21/h3-7,15H,1-2,8-14H2. The molecule has 0 aromatic heterocycles. The first-order valence-corrected chi connectivity index (χ1v) is 8.98. The van der Waals surface area contributed by atoms with Crippen LogP contribution >= 0.6 is 23.2 Å². The fourth-order valence-corrected chi connectivity index (χ4v) is 3.59. The van der Waals surface area contributed by atoms with Crippen molar-refractivity contribution in [1.29, 1.82) is 0 Å². The maximum atomic E-state index is 12.6. The largest absolute Gasteiger partial charge is 0.335 e. The average Bonchev–Trinajstić information content (AvgIpc) is 2.58. The van der Waals surface area contributed by atoms with Crippen LogP contribution in [0.2, 0.25) is 10.0 Å². The number of likely N-dealkylation sites (tertiary alicyclic amines) is 1. The molecule has 0 unspecified atom stereocenters. The van der Waals surface area contributed by atoms with Crippen LogP contribution in [-0.4, -0.2) is 41.9 Å². The van der Waals surface area contributed by atoms with Crippen molar-refractivity contribution in [2.75, 3.05) is 26.2 Å². The number of carbonyl (C=O) groups is 1. The summed E-state index contributed by atoms with van der Waals surface area (Å²) in [6.07, 6.45) is 5.23. The first-order chi connectivity index (χ1) is 11.6. The number of nitrogens with zero attached hydrogens (tertiary/aromatic N) is 2. The maximum Gasteiger partial charge on any atom is 0.226 e. The van der Waals surface area contributed by atoms with Crippen LogP contribution in [0.1, 0.15) is 18.4 Å². The molecule has 130 valence electrons. The van der Waals surface area contributed by atoms with E-state index in [2.05, 4.69) is 18.1 Å². The van der Waals surface area contributed by atoms with Crippen molar-refractivity contribution < 1.29 is 4.79 Å². The fraction of sp³-hybridized carbons (Fsp3) is 0.421. The van der Waals surface area contributed by atoms with E-state index in [1.807, 2.05) is 23.1 Å². The summed E-state index contributed by atoms with van der Waals surface area (Å²) in [5.74, 6) is 0.271. The molecule has 3 nitrogen and oxygen atoms in total. The molecular formula is C19H24Cl2N2O. The molecule has 0 atom stereocenters. The van der Waals surface area contributed by atoms with Crippen LogP contribution in [0.15, 0.2) is 43.5 Å². The number of benzene rings is 1. The molecule has 0 bridgehead atoms. The van der Waals surface area contributed by atoms with Crippen LogP contribution in [0.25, 0.3) is 0 Å². The number of halogens is 2. The van der Waals surface area contributed by atoms with E-state index < -0.39 is 0 Å². The Balaban J connectivity index is 1.92. The second kappa shape index (κ2) is 9.26. The summed E-state index contributed by atoms with van der Waals surface area (Å²) >= 11 is 12.5. The predicted octanol–water partition coefficient (Wildman–Crippen LogP) is 4.41. The van der Waals surface area contributed by atoms with E-state index in [4.69, 9.17) is 23.2 Å². The van der Waals surface area contributed by atoms with E-state index in [1.54, 1.807) is 12.2 Å². The minimum Gasteiger partial charge on any atom is -0.335 e. The third-order valence-corrected chi connectivity index (χ3v) is 5.10. The fourth-order valence-electron chi connectivity index (χ4n) is 3.07. The quantitative estimate of drug-likeness (QED) is 0.667. The lowest BCUT2D eigenvalue weighted by molar-refractivity contribution is -0.136. The second-order valence-corrected chi connectivity index (χ2v) is 6.89. The SMILES string of the molecule is C=CCN(CC=C)C(=O)C1CCN(Cc2c(Cl)cccc2Cl)CC1. The van der Waals surface area contributed by atoms with Crippen LogP contribution in [0.5, 0.6) is 0 Å². The van der Waals surface area contributed by atoms with Gasteiger partial charge in [0.2, 0.25) is 5.91 Å². The minimum atomic E-state index is 0.0721. The first kappa shape index (κ1) is 19.0. The van der Waals surface area contributed by atoms with Crippen molar-refractivity contribution in [2.24, 2.45) is 5.92 Å². The van der Waals surface area contributed by atoms with E-state index in [-0.39, 0.29) is 11.8 Å². The number of carbonyl (C=O) groups excluding carboxylic acids is 1. The molecule has 1 aromatic carbocycles. The lowest BCUT2D eigenvalue weighted by Gasteiger charge is -2.34. The van der Waals surface area contributed by atoms with Gasteiger partial charge in [0.1, 0.15) is 0 Å². The molecule has 1 heterocycles. The Bertz CT molecular complexity index is 565. The first-order valence-electron chi connectivity index (χ1n) is 8.22. The molecule has 1 aliphatic heterocycles. The van der Waals surface area contributed by atoms with Gasteiger partial charge in [-0.3, -0.25) is 9.69 Å². The van der Waals surface area contributed by atoms with Crippen molar-refractivity contribution in [1.82, 2.24) is 9.80 Å². The van der Waals surface area contributed by atoms with Gasteiger partial charge in [-0.2, -0.15) is 0 Å². The number of hydrogen-bond donors (Lipinski definition) is 0. The van der Waals surface area contributed by atoms with E-state index in [9.17, 15) is 4.79 Å². The van der Waals surface area contributed by atoms with Gasteiger partial charge in [0, 0.05) is 41.2 Å². The summed E-state index contributed by atoms with van der Waals surface area (Å²) in [4.78, 5) is 16.7. The van der Waals surface area contributed by atoms with Gasteiger partial charge in [0.05, 0.1) is 0 Å². The number of amides is 1.